The lowest BCUT2D eigenvalue weighted by atomic mass is 10.2. The maximum Gasteiger partial charge on any atom is 0.300 e. The van der Waals surface area contributed by atoms with Crippen LogP contribution in [0.3, 0.4) is 0 Å². The van der Waals surface area contributed by atoms with E-state index in [-0.39, 0.29) is 17.9 Å². The van der Waals surface area contributed by atoms with Gasteiger partial charge >= 0.3 is 0 Å². The summed E-state index contributed by atoms with van der Waals surface area (Å²) >= 11 is 0. The van der Waals surface area contributed by atoms with Gasteiger partial charge in [0, 0.05) is 7.05 Å². The molecule has 20 heavy (non-hydrogen) atoms. The van der Waals surface area contributed by atoms with Crippen LogP contribution in [0.1, 0.15) is 16.2 Å². The Bertz CT molecular complexity index is 667. The molecule has 2 aromatic rings. The number of hydrogen-bond acceptors (Lipinski definition) is 7. The highest BCUT2D eigenvalue weighted by Gasteiger charge is 2.21. The highest BCUT2D eigenvalue weighted by molar-refractivity contribution is 5.98. The molecular weight excluding hydrogens is 266 g/mol. The smallest absolute Gasteiger partial charge is 0.300 e. The molecule has 0 radical (unpaired) electrons. The average molecular weight is 277 g/mol. The highest BCUT2D eigenvalue weighted by atomic mass is 16.6. The molecule has 0 aliphatic rings. The van der Waals surface area contributed by atoms with Crippen LogP contribution >= 0.6 is 0 Å². The number of amides is 1. The van der Waals surface area contributed by atoms with Gasteiger partial charge in [0.05, 0.1) is 11.5 Å². The van der Waals surface area contributed by atoms with Gasteiger partial charge in [0.25, 0.3) is 11.6 Å². The van der Waals surface area contributed by atoms with Gasteiger partial charge in [-0.3, -0.25) is 14.9 Å². The third-order valence-corrected chi connectivity index (χ3v) is 2.56. The highest BCUT2D eigenvalue weighted by Crippen LogP contribution is 2.18. The molecule has 0 aliphatic heterocycles. The van der Waals surface area contributed by atoms with Crippen LogP contribution in [0.4, 0.5) is 11.5 Å². The normalized spacial score (nSPS) is 10.2. The zero-order chi connectivity index (χ0) is 14.7. The molecule has 104 valence electrons. The van der Waals surface area contributed by atoms with Crippen molar-refractivity contribution in [2.45, 2.75) is 6.54 Å². The summed E-state index contributed by atoms with van der Waals surface area (Å²) in [4.78, 5) is 25.7. The molecule has 2 rings (SSSR count). The summed E-state index contributed by atoms with van der Waals surface area (Å²) in [5, 5.41) is 20.8. The van der Waals surface area contributed by atoms with Gasteiger partial charge in [0.15, 0.2) is 5.82 Å². The first-order valence-electron chi connectivity index (χ1n) is 5.50. The van der Waals surface area contributed by atoms with Gasteiger partial charge in [-0.1, -0.05) is 0 Å². The molecular formula is C10H11N7O3. The second-order valence-electron chi connectivity index (χ2n) is 3.92. The summed E-state index contributed by atoms with van der Waals surface area (Å²) in [6.45, 7) is 0.0920. The van der Waals surface area contributed by atoms with Crippen LogP contribution in [0.2, 0.25) is 0 Å². The number of nitrogen functional groups attached to an aromatic ring is 1. The predicted octanol–water partition coefficient (Wildman–Crippen LogP) is -0.369. The van der Waals surface area contributed by atoms with Crippen LogP contribution in [0.25, 0.3) is 0 Å². The maximum absolute atomic E-state index is 12.0. The predicted molar refractivity (Wildman–Crippen MR) is 67.5 cm³/mol. The Morgan fingerprint density at radius 1 is 1.60 bits per heavy atom. The monoisotopic (exact) mass is 277 g/mol. The lowest BCUT2D eigenvalue weighted by Gasteiger charge is -2.05. The molecule has 2 aromatic heterocycles. The second kappa shape index (κ2) is 5.30. The van der Waals surface area contributed by atoms with Crippen LogP contribution in [-0.2, 0) is 13.6 Å². The minimum atomic E-state index is -0.691. The third kappa shape index (κ3) is 2.68. The first kappa shape index (κ1) is 13.4. The molecule has 0 saturated heterocycles. The van der Waals surface area contributed by atoms with E-state index in [9.17, 15) is 14.9 Å². The molecule has 0 aliphatic carbocycles. The fourth-order valence-corrected chi connectivity index (χ4v) is 1.51. The van der Waals surface area contributed by atoms with E-state index in [0.29, 0.717) is 5.82 Å². The lowest BCUT2D eigenvalue weighted by Crippen LogP contribution is -2.25. The number of anilines is 1. The van der Waals surface area contributed by atoms with Gasteiger partial charge in [0.2, 0.25) is 0 Å². The minimum absolute atomic E-state index is 0.0272. The second-order valence-corrected chi connectivity index (χ2v) is 3.92. The lowest BCUT2D eigenvalue weighted by molar-refractivity contribution is -0.385. The molecule has 0 bridgehead atoms. The molecule has 3 N–H and O–H groups in total. The van der Waals surface area contributed by atoms with E-state index >= 15 is 0 Å². The van der Waals surface area contributed by atoms with Crippen molar-refractivity contribution in [1.82, 2.24) is 25.1 Å². The first-order chi connectivity index (χ1) is 9.49. The quantitative estimate of drug-likeness (QED) is 0.573. The van der Waals surface area contributed by atoms with E-state index in [1.165, 1.54) is 6.33 Å². The van der Waals surface area contributed by atoms with Crippen molar-refractivity contribution in [2.24, 2.45) is 7.05 Å². The average Bonchev–Trinajstić information content (AvgIpc) is 2.81. The van der Waals surface area contributed by atoms with Crippen molar-refractivity contribution in [3.63, 3.8) is 0 Å². The fraction of sp³-hybridized carbons (Fsp3) is 0.200. The van der Waals surface area contributed by atoms with Crippen LogP contribution in [0.15, 0.2) is 18.6 Å². The van der Waals surface area contributed by atoms with Gasteiger partial charge in [-0.2, -0.15) is 0 Å². The van der Waals surface area contributed by atoms with Crippen molar-refractivity contribution in [2.75, 3.05) is 5.73 Å². The number of nitrogens with two attached hydrogens (primary N) is 1. The molecule has 0 fully saturated rings. The van der Waals surface area contributed by atoms with Crippen molar-refractivity contribution < 1.29 is 9.72 Å². The van der Waals surface area contributed by atoms with Gasteiger partial charge in [-0.05, 0) is 6.07 Å². The van der Waals surface area contributed by atoms with Crippen LogP contribution in [0, 0.1) is 10.1 Å². The number of aromatic nitrogens is 4. The number of rotatable bonds is 4. The summed E-state index contributed by atoms with van der Waals surface area (Å²) in [6.07, 6.45) is 2.43. The molecule has 1 amide bonds. The molecule has 0 aromatic carbocycles. The third-order valence-electron chi connectivity index (χ3n) is 2.56. The Hall–Kier alpha value is -3.04. The Morgan fingerprint density at radius 3 is 2.95 bits per heavy atom. The number of nitrogens with zero attached hydrogens (tertiary/aromatic N) is 5. The zero-order valence-electron chi connectivity index (χ0n) is 10.5. The van der Waals surface area contributed by atoms with Crippen molar-refractivity contribution in [3.05, 3.63) is 40.1 Å². The fourth-order valence-electron chi connectivity index (χ4n) is 1.51. The summed E-state index contributed by atoms with van der Waals surface area (Å²) in [6, 6.07) is 1.16. The molecule has 0 saturated carbocycles. The number of carbonyl (C=O) groups is 1. The van der Waals surface area contributed by atoms with E-state index in [0.717, 1.165) is 12.3 Å². The van der Waals surface area contributed by atoms with Gasteiger partial charge in [0.1, 0.15) is 23.9 Å². The Kier molecular flexibility index (Phi) is 3.55. The number of carbonyl (C=O) groups excluding carboxylic acids is 1. The topological polar surface area (TPSA) is 142 Å². The molecule has 0 unspecified atom stereocenters. The molecule has 10 heteroatoms. The number of aryl methyl sites for hydroxylation is 1. The minimum Gasteiger partial charge on any atom is -0.384 e. The van der Waals surface area contributed by atoms with E-state index in [2.05, 4.69) is 20.5 Å². The maximum atomic E-state index is 12.0. The molecule has 0 atom stereocenters. The van der Waals surface area contributed by atoms with Gasteiger partial charge < -0.3 is 15.6 Å². The standard InChI is InChI=1S/C10H11N7O3/c1-16-5-14-15-9(16)4-13-10(18)6-2-8(11)12-3-7(6)17(19)20/h2-3,5H,4H2,1H3,(H2,11,12)(H,13,18). The van der Waals surface area contributed by atoms with Crippen molar-refractivity contribution >= 4 is 17.4 Å². The number of hydrogen-bond donors (Lipinski definition) is 2. The van der Waals surface area contributed by atoms with Crippen molar-refractivity contribution in [1.29, 1.82) is 0 Å². The van der Waals surface area contributed by atoms with Crippen LogP contribution in [0.5, 0.6) is 0 Å². The summed E-state index contributed by atoms with van der Waals surface area (Å²) in [5.74, 6) is -0.0868. The van der Waals surface area contributed by atoms with E-state index in [4.69, 9.17) is 5.73 Å². The van der Waals surface area contributed by atoms with E-state index in [1.807, 2.05) is 0 Å². The Morgan fingerprint density at radius 2 is 2.35 bits per heavy atom. The largest absolute Gasteiger partial charge is 0.384 e. The van der Waals surface area contributed by atoms with Crippen LogP contribution < -0.4 is 11.1 Å². The zero-order valence-corrected chi connectivity index (χ0v) is 10.5. The number of pyridine rings is 1. The number of nitro groups is 1. The molecule has 2 heterocycles. The summed E-state index contributed by atoms with van der Waals surface area (Å²) < 4.78 is 1.62. The SMILES string of the molecule is Cn1cnnc1CNC(=O)c1cc(N)ncc1[N+](=O)[O-]. The van der Waals surface area contributed by atoms with Gasteiger partial charge in [-0.25, -0.2) is 4.98 Å². The first-order valence-corrected chi connectivity index (χ1v) is 5.50. The molecule has 10 nitrogen and oxygen atoms in total. The van der Waals surface area contributed by atoms with Crippen LogP contribution in [-0.4, -0.2) is 30.6 Å². The number of nitrogens with one attached hydrogen (secondary N) is 1. The Balaban J connectivity index is 2.19. The molecule has 0 spiro atoms. The summed E-state index contributed by atoms with van der Waals surface area (Å²) in [5.41, 5.74) is 4.88. The van der Waals surface area contributed by atoms with Crippen molar-refractivity contribution in [3.8, 4) is 0 Å². The van der Waals surface area contributed by atoms with E-state index < -0.39 is 16.5 Å². The van der Waals surface area contributed by atoms with Gasteiger partial charge in [-0.15, -0.1) is 10.2 Å². The summed E-state index contributed by atoms with van der Waals surface area (Å²) in [7, 11) is 1.72. The van der Waals surface area contributed by atoms with E-state index in [1.54, 1.807) is 11.6 Å². The Labute approximate surface area is 112 Å².